The molecule has 3 rings (SSSR count). The van der Waals surface area contributed by atoms with Crippen molar-refractivity contribution in [2.75, 3.05) is 25.5 Å². The summed E-state index contributed by atoms with van der Waals surface area (Å²) in [6, 6.07) is 9.45. The number of methoxy groups -OCH3 is 1. The molecule has 2 aromatic carbocycles. The minimum Gasteiger partial charge on any atom is -0.496 e. The van der Waals surface area contributed by atoms with Gasteiger partial charge in [-0.25, -0.2) is 22.0 Å². The summed E-state index contributed by atoms with van der Waals surface area (Å²) in [6.07, 6.45) is 2.60. The number of primary sulfonamides is 1. The summed E-state index contributed by atoms with van der Waals surface area (Å²) in [7, 11) is -6.19. The van der Waals surface area contributed by atoms with Crippen LogP contribution in [0, 0.1) is 0 Å². The van der Waals surface area contributed by atoms with Crippen LogP contribution in [0.15, 0.2) is 52.3 Å². The Morgan fingerprint density at radius 3 is 2.13 bits per heavy atom. The molecule has 0 saturated carbocycles. The number of benzene rings is 2. The van der Waals surface area contributed by atoms with Crippen LogP contribution in [0.3, 0.4) is 0 Å². The fourth-order valence-electron chi connectivity index (χ4n) is 3.21. The largest absolute Gasteiger partial charge is 0.496 e. The second kappa shape index (κ2) is 8.72. The number of nitrogens with one attached hydrogen (secondary N) is 1. The van der Waals surface area contributed by atoms with Crippen molar-refractivity contribution in [3.63, 3.8) is 0 Å². The average Bonchev–Trinajstić information content (AvgIpc) is 2.73. The standard InChI is InChI=1S/C19H23N3O6S2/c1-28-18-10-9-16(30(26,27)22-11-3-2-4-12-22)13-17(18)19(23)21-14-5-7-15(8-6-14)29(20,24)25/h5-10,13H,2-4,11-12H2,1H3,(H,21,23)(H2,20,24,25). The van der Waals surface area contributed by atoms with E-state index in [-0.39, 0.29) is 21.1 Å². The first-order chi connectivity index (χ1) is 14.1. The lowest BCUT2D eigenvalue weighted by Crippen LogP contribution is -2.35. The normalized spacial score (nSPS) is 15.5. The lowest BCUT2D eigenvalue weighted by molar-refractivity contribution is 0.102. The Hall–Kier alpha value is -2.47. The van der Waals surface area contributed by atoms with Crippen LogP contribution in [-0.2, 0) is 20.0 Å². The summed E-state index contributed by atoms with van der Waals surface area (Å²) in [5, 5.41) is 7.67. The smallest absolute Gasteiger partial charge is 0.259 e. The number of carbonyl (C=O) groups excluding carboxylic acids is 1. The highest BCUT2D eigenvalue weighted by atomic mass is 32.2. The molecule has 3 N–H and O–H groups in total. The first-order valence-corrected chi connectivity index (χ1v) is 12.2. The SMILES string of the molecule is COc1ccc(S(=O)(=O)N2CCCCC2)cc1C(=O)Nc1ccc(S(N)(=O)=O)cc1. The summed E-state index contributed by atoms with van der Waals surface area (Å²) < 4.78 is 55.2. The van der Waals surface area contributed by atoms with Crippen molar-refractivity contribution in [2.45, 2.75) is 29.1 Å². The van der Waals surface area contributed by atoms with Crippen molar-refractivity contribution in [3.05, 3.63) is 48.0 Å². The summed E-state index contributed by atoms with van der Waals surface area (Å²) >= 11 is 0. The number of nitrogens with two attached hydrogens (primary N) is 1. The third kappa shape index (κ3) is 4.81. The molecule has 11 heteroatoms. The number of nitrogens with zero attached hydrogens (tertiary/aromatic N) is 1. The number of piperidine rings is 1. The van der Waals surface area contributed by atoms with Crippen LogP contribution in [0.4, 0.5) is 5.69 Å². The first kappa shape index (κ1) is 22.2. The Morgan fingerprint density at radius 2 is 1.57 bits per heavy atom. The molecule has 30 heavy (non-hydrogen) atoms. The Bertz CT molecular complexity index is 1140. The molecule has 1 fully saturated rings. The molecule has 0 atom stereocenters. The van der Waals surface area contributed by atoms with Gasteiger partial charge in [0, 0.05) is 18.8 Å². The highest BCUT2D eigenvalue weighted by Gasteiger charge is 2.27. The zero-order valence-electron chi connectivity index (χ0n) is 16.4. The van der Waals surface area contributed by atoms with Gasteiger partial charge in [0.05, 0.1) is 22.5 Å². The predicted octanol–water partition coefficient (Wildman–Crippen LogP) is 1.77. The van der Waals surface area contributed by atoms with Crippen molar-refractivity contribution in [1.29, 1.82) is 0 Å². The minimum atomic E-state index is -3.85. The van der Waals surface area contributed by atoms with Crippen molar-refractivity contribution < 1.29 is 26.4 Å². The van der Waals surface area contributed by atoms with E-state index in [1.807, 2.05) is 0 Å². The van der Waals surface area contributed by atoms with Gasteiger partial charge in [-0.1, -0.05) is 6.42 Å². The topological polar surface area (TPSA) is 136 Å². The minimum absolute atomic E-state index is 0.0138. The van der Waals surface area contributed by atoms with Gasteiger partial charge < -0.3 is 10.1 Å². The molecule has 0 bridgehead atoms. The molecule has 1 heterocycles. The van der Waals surface area contributed by atoms with Crippen LogP contribution in [0.25, 0.3) is 0 Å². The highest BCUT2D eigenvalue weighted by Crippen LogP contribution is 2.27. The number of carbonyl (C=O) groups is 1. The number of hydrogen-bond acceptors (Lipinski definition) is 6. The molecule has 1 amide bonds. The molecule has 9 nitrogen and oxygen atoms in total. The zero-order valence-corrected chi connectivity index (χ0v) is 18.0. The van der Waals surface area contributed by atoms with E-state index < -0.39 is 26.0 Å². The van der Waals surface area contributed by atoms with Crippen LogP contribution < -0.4 is 15.2 Å². The van der Waals surface area contributed by atoms with E-state index >= 15 is 0 Å². The monoisotopic (exact) mass is 453 g/mol. The fourth-order valence-corrected chi connectivity index (χ4v) is 5.26. The molecule has 0 spiro atoms. The number of amides is 1. The van der Waals surface area contributed by atoms with Crippen molar-refractivity contribution in [2.24, 2.45) is 5.14 Å². The van der Waals surface area contributed by atoms with Gasteiger partial charge in [0.25, 0.3) is 5.91 Å². The second-order valence-corrected chi connectivity index (χ2v) is 10.3. The first-order valence-electron chi connectivity index (χ1n) is 9.25. The number of ether oxygens (including phenoxy) is 1. The van der Waals surface area contributed by atoms with E-state index in [1.165, 1.54) is 53.9 Å². The highest BCUT2D eigenvalue weighted by molar-refractivity contribution is 7.89. The van der Waals surface area contributed by atoms with Gasteiger partial charge in [-0.2, -0.15) is 4.31 Å². The van der Waals surface area contributed by atoms with Crippen LogP contribution in [0.1, 0.15) is 29.6 Å². The van der Waals surface area contributed by atoms with Crippen molar-refractivity contribution in [1.82, 2.24) is 4.31 Å². The summed E-state index contributed by atoms with van der Waals surface area (Å²) in [5.41, 5.74) is 0.366. The van der Waals surface area contributed by atoms with Gasteiger partial charge in [0.1, 0.15) is 5.75 Å². The Labute approximate surface area is 175 Å². The van der Waals surface area contributed by atoms with E-state index in [1.54, 1.807) is 0 Å². The quantitative estimate of drug-likeness (QED) is 0.684. The lowest BCUT2D eigenvalue weighted by Gasteiger charge is -2.26. The molecule has 1 aliphatic heterocycles. The number of hydrogen-bond donors (Lipinski definition) is 2. The van der Waals surface area contributed by atoms with Crippen LogP contribution in [0.2, 0.25) is 0 Å². The Balaban J connectivity index is 1.88. The molecule has 1 aliphatic rings. The van der Waals surface area contributed by atoms with E-state index in [9.17, 15) is 21.6 Å². The molecule has 0 aliphatic carbocycles. The third-order valence-electron chi connectivity index (χ3n) is 4.81. The number of anilines is 1. The lowest BCUT2D eigenvalue weighted by atomic mass is 10.2. The molecule has 0 radical (unpaired) electrons. The fraction of sp³-hybridized carbons (Fsp3) is 0.316. The maximum absolute atomic E-state index is 12.9. The van der Waals surface area contributed by atoms with E-state index in [4.69, 9.17) is 9.88 Å². The maximum Gasteiger partial charge on any atom is 0.259 e. The second-order valence-electron chi connectivity index (χ2n) is 6.85. The predicted molar refractivity (Wildman–Crippen MR) is 111 cm³/mol. The Morgan fingerprint density at radius 1 is 0.967 bits per heavy atom. The van der Waals surface area contributed by atoms with Gasteiger partial charge in [0.15, 0.2) is 0 Å². The molecule has 162 valence electrons. The summed E-state index contributed by atoms with van der Waals surface area (Å²) in [5.74, 6) is -0.378. The molecular formula is C19H23N3O6S2. The van der Waals surface area contributed by atoms with Gasteiger partial charge in [-0.15, -0.1) is 0 Å². The Kier molecular flexibility index (Phi) is 6.46. The average molecular weight is 454 g/mol. The molecule has 0 unspecified atom stereocenters. The third-order valence-corrected chi connectivity index (χ3v) is 7.63. The number of sulfonamides is 2. The van der Waals surface area contributed by atoms with Gasteiger partial charge in [-0.3, -0.25) is 4.79 Å². The summed E-state index contributed by atoms with van der Waals surface area (Å²) in [4.78, 5) is 12.7. The molecular weight excluding hydrogens is 430 g/mol. The van der Waals surface area contributed by atoms with E-state index in [0.29, 0.717) is 18.8 Å². The summed E-state index contributed by atoms with van der Waals surface area (Å²) in [6.45, 7) is 0.901. The van der Waals surface area contributed by atoms with Crippen LogP contribution >= 0.6 is 0 Å². The van der Waals surface area contributed by atoms with Crippen LogP contribution in [-0.4, -0.2) is 47.2 Å². The van der Waals surface area contributed by atoms with Crippen molar-refractivity contribution in [3.8, 4) is 5.75 Å². The molecule has 0 aromatic heterocycles. The number of rotatable bonds is 6. The van der Waals surface area contributed by atoms with Gasteiger partial charge in [-0.05, 0) is 55.3 Å². The van der Waals surface area contributed by atoms with Gasteiger partial charge in [0.2, 0.25) is 20.0 Å². The zero-order chi connectivity index (χ0) is 21.9. The molecule has 2 aromatic rings. The van der Waals surface area contributed by atoms with E-state index in [0.717, 1.165) is 19.3 Å². The van der Waals surface area contributed by atoms with Crippen molar-refractivity contribution >= 4 is 31.6 Å². The van der Waals surface area contributed by atoms with Gasteiger partial charge >= 0.3 is 0 Å². The maximum atomic E-state index is 12.9. The van der Waals surface area contributed by atoms with Crippen LogP contribution in [0.5, 0.6) is 5.75 Å². The molecule has 1 saturated heterocycles. The van der Waals surface area contributed by atoms with E-state index in [2.05, 4.69) is 5.32 Å².